The summed E-state index contributed by atoms with van der Waals surface area (Å²) in [5, 5.41) is 9.56. The van der Waals surface area contributed by atoms with E-state index in [1.54, 1.807) is 6.20 Å². The number of hydrogen-bond donors (Lipinski definition) is 1. The fourth-order valence-electron chi connectivity index (χ4n) is 2.88. The van der Waals surface area contributed by atoms with E-state index in [1.807, 2.05) is 4.90 Å². The van der Waals surface area contributed by atoms with Crippen LogP contribution in [-0.2, 0) is 6.54 Å². The maximum absolute atomic E-state index is 12.2. The Morgan fingerprint density at radius 3 is 2.86 bits per heavy atom. The number of anilines is 1. The molecule has 1 fully saturated rings. The molecule has 6 heteroatoms. The summed E-state index contributed by atoms with van der Waals surface area (Å²) in [6.07, 6.45) is 5.06. The fourth-order valence-corrected chi connectivity index (χ4v) is 2.88. The molecule has 1 aromatic heterocycles. The van der Waals surface area contributed by atoms with Gasteiger partial charge in [-0.1, -0.05) is 13.3 Å². The van der Waals surface area contributed by atoms with Gasteiger partial charge in [-0.3, -0.25) is 4.79 Å². The zero-order valence-electron chi connectivity index (χ0n) is 12.5. The van der Waals surface area contributed by atoms with Crippen molar-refractivity contribution in [3.8, 4) is 0 Å². The minimum atomic E-state index is -0.207. The lowest BCUT2D eigenvalue weighted by Crippen LogP contribution is -2.37. The number of piperidine rings is 1. The first-order valence-electron chi connectivity index (χ1n) is 7.77. The van der Waals surface area contributed by atoms with Gasteiger partial charge in [-0.05, 0) is 19.3 Å². The van der Waals surface area contributed by atoms with Gasteiger partial charge in [-0.15, -0.1) is 0 Å². The molecule has 114 valence electrons. The van der Waals surface area contributed by atoms with Crippen molar-refractivity contribution < 1.29 is 9.90 Å². The van der Waals surface area contributed by atoms with Crippen LogP contribution in [0.15, 0.2) is 6.20 Å². The van der Waals surface area contributed by atoms with Crippen molar-refractivity contribution in [3.05, 3.63) is 17.5 Å². The molecule has 0 atom stereocenters. The number of amides is 1. The predicted octanol–water partition coefficient (Wildman–Crippen LogP) is 1.19. The monoisotopic (exact) mass is 290 g/mol. The van der Waals surface area contributed by atoms with E-state index in [1.165, 1.54) is 0 Å². The van der Waals surface area contributed by atoms with E-state index in [4.69, 9.17) is 0 Å². The molecule has 2 aliphatic heterocycles. The molecule has 0 aromatic carbocycles. The van der Waals surface area contributed by atoms with Crippen molar-refractivity contribution in [1.29, 1.82) is 0 Å². The molecule has 0 aliphatic carbocycles. The topological polar surface area (TPSA) is 69.6 Å². The molecular weight excluding hydrogens is 268 g/mol. The second kappa shape index (κ2) is 5.97. The SMILES string of the molecule is CCCCN1Cc2nc(N3CCC(O)CC3)ncc2C1=O. The van der Waals surface area contributed by atoms with Gasteiger partial charge in [0.1, 0.15) is 0 Å². The van der Waals surface area contributed by atoms with Crippen LogP contribution in [0.4, 0.5) is 5.95 Å². The van der Waals surface area contributed by atoms with E-state index in [0.29, 0.717) is 18.1 Å². The van der Waals surface area contributed by atoms with E-state index in [9.17, 15) is 9.90 Å². The van der Waals surface area contributed by atoms with Gasteiger partial charge in [0.15, 0.2) is 0 Å². The number of nitrogens with zero attached hydrogens (tertiary/aromatic N) is 4. The fraction of sp³-hybridized carbons (Fsp3) is 0.667. The van der Waals surface area contributed by atoms with Crippen LogP contribution in [0.3, 0.4) is 0 Å². The Kier molecular flexibility index (Phi) is 4.05. The molecule has 0 saturated carbocycles. The standard InChI is InChI=1S/C15H22N4O2/c1-2-3-6-19-10-13-12(14(19)21)9-16-15(17-13)18-7-4-11(20)5-8-18/h9,11,20H,2-8,10H2,1H3. The van der Waals surface area contributed by atoms with Gasteiger partial charge in [0.05, 0.1) is 23.9 Å². The van der Waals surface area contributed by atoms with Gasteiger partial charge < -0.3 is 14.9 Å². The van der Waals surface area contributed by atoms with Crippen molar-refractivity contribution in [3.63, 3.8) is 0 Å². The van der Waals surface area contributed by atoms with E-state index in [-0.39, 0.29) is 12.0 Å². The summed E-state index contributed by atoms with van der Waals surface area (Å²) in [4.78, 5) is 25.1. The largest absolute Gasteiger partial charge is 0.393 e. The van der Waals surface area contributed by atoms with Gasteiger partial charge in [0.2, 0.25) is 5.95 Å². The van der Waals surface area contributed by atoms with Crippen LogP contribution < -0.4 is 4.90 Å². The first kappa shape index (κ1) is 14.3. The van der Waals surface area contributed by atoms with Crippen LogP contribution in [-0.4, -0.2) is 51.6 Å². The zero-order valence-corrected chi connectivity index (χ0v) is 12.5. The number of fused-ring (bicyclic) bond motifs is 1. The highest BCUT2D eigenvalue weighted by Gasteiger charge is 2.30. The van der Waals surface area contributed by atoms with Gasteiger partial charge in [0.25, 0.3) is 5.91 Å². The molecule has 0 bridgehead atoms. The normalized spacial score (nSPS) is 19.2. The summed E-state index contributed by atoms with van der Waals surface area (Å²) >= 11 is 0. The molecule has 0 radical (unpaired) electrons. The van der Waals surface area contributed by atoms with Crippen molar-refractivity contribution in [1.82, 2.24) is 14.9 Å². The third-order valence-corrected chi connectivity index (χ3v) is 4.24. The van der Waals surface area contributed by atoms with Crippen LogP contribution in [0, 0.1) is 0 Å². The number of aliphatic hydroxyl groups is 1. The number of carbonyl (C=O) groups is 1. The smallest absolute Gasteiger partial charge is 0.257 e. The van der Waals surface area contributed by atoms with Crippen molar-refractivity contribution in [2.75, 3.05) is 24.5 Å². The minimum Gasteiger partial charge on any atom is -0.393 e. The number of unbranched alkanes of at least 4 members (excludes halogenated alkanes) is 1. The number of rotatable bonds is 4. The van der Waals surface area contributed by atoms with Crippen LogP contribution in [0.5, 0.6) is 0 Å². The third kappa shape index (κ3) is 2.85. The molecule has 1 saturated heterocycles. The maximum atomic E-state index is 12.2. The minimum absolute atomic E-state index is 0.0547. The van der Waals surface area contributed by atoms with E-state index in [0.717, 1.165) is 51.0 Å². The highest BCUT2D eigenvalue weighted by atomic mass is 16.3. The van der Waals surface area contributed by atoms with Crippen LogP contribution in [0.25, 0.3) is 0 Å². The van der Waals surface area contributed by atoms with Crippen molar-refractivity contribution in [2.24, 2.45) is 0 Å². The highest BCUT2D eigenvalue weighted by Crippen LogP contribution is 2.24. The molecule has 1 amide bonds. The maximum Gasteiger partial charge on any atom is 0.257 e. The lowest BCUT2D eigenvalue weighted by Gasteiger charge is -2.29. The number of aromatic nitrogens is 2. The number of aliphatic hydroxyl groups excluding tert-OH is 1. The van der Waals surface area contributed by atoms with Gasteiger partial charge in [0, 0.05) is 25.8 Å². The van der Waals surface area contributed by atoms with E-state index < -0.39 is 0 Å². The molecule has 1 N–H and O–H groups in total. The van der Waals surface area contributed by atoms with Crippen LogP contribution in [0.2, 0.25) is 0 Å². The number of carbonyl (C=O) groups excluding carboxylic acids is 1. The first-order valence-corrected chi connectivity index (χ1v) is 7.77. The van der Waals surface area contributed by atoms with E-state index >= 15 is 0 Å². The summed E-state index contributed by atoms with van der Waals surface area (Å²) in [7, 11) is 0. The molecule has 3 rings (SSSR count). The molecule has 6 nitrogen and oxygen atoms in total. The molecule has 2 aliphatic rings. The lowest BCUT2D eigenvalue weighted by atomic mass is 10.1. The molecule has 21 heavy (non-hydrogen) atoms. The van der Waals surface area contributed by atoms with Crippen molar-refractivity contribution in [2.45, 2.75) is 45.3 Å². The summed E-state index contributed by atoms with van der Waals surface area (Å²) in [6, 6.07) is 0. The molecular formula is C15H22N4O2. The summed E-state index contributed by atoms with van der Waals surface area (Å²) < 4.78 is 0. The Bertz CT molecular complexity index is 526. The molecule has 1 aromatic rings. The quantitative estimate of drug-likeness (QED) is 0.902. The Balaban J connectivity index is 1.73. The first-order chi connectivity index (χ1) is 10.2. The second-order valence-electron chi connectivity index (χ2n) is 5.83. The van der Waals surface area contributed by atoms with Crippen LogP contribution >= 0.6 is 0 Å². The Morgan fingerprint density at radius 2 is 2.14 bits per heavy atom. The van der Waals surface area contributed by atoms with Gasteiger partial charge in [-0.2, -0.15) is 0 Å². The third-order valence-electron chi connectivity index (χ3n) is 4.24. The number of hydrogen-bond acceptors (Lipinski definition) is 5. The van der Waals surface area contributed by atoms with Gasteiger partial charge >= 0.3 is 0 Å². The predicted molar refractivity (Wildman–Crippen MR) is 79.1 cm³/mol. The zero-order chi connectivity index (χ0) is 14.8. The Hall–Kier alpha value is -1.69. The average Bonchev–Trinajstić information content (AvgIpc) is 2.82. The average molecular weight is 290 g/mol. The second-order valence-corrected chi connectivity index (χ2v) is 5.83. The van der Waals surface area contributed by atoms with E-state index in [2.05, 4.69) is 21.8 Å². The Labute approximate surface area is 124 Å². The van der Waals surface area contributed by atoms with Gasteiger partial charge in [-0.25, -0.2) is 9.97 Å². The van der Waals surface area contributed by atoms with Crippen molar-refractivity contribution >= 4 is 11.9 Å². The molecule has 0 unspecified atom stereocenters. The molecule has 3 heterocycles. The van der Waals surface area contributed by atoms with Crippen LogP contribution in [0.1, 0.15) is 48.7 Å². The highest BCUT2D eigenvalue weighted by molar-refractivity contribution is 5.97. The molecule has 0 spiro atoms. The Morgan fingerprint density at radius 1 is 1.38 bits per heavy atom. The summed E-state index contributed by atoms with van der Waals surface area (Å²) in [5.74, 6) is 0.741. The summed E-state index contributed by atoms with van der Waals surface area (Å²) in [5.41, 5.74) is 1.49. The lowest BCUT2D eigenvalue weighted by molar-refractivity contribution is 0.0776. The summed E-state index contributed by atoms with van der Waals surface area (Å²) in [6.45, 7) is 5.05.